The quantitative estimate of drug-likeness (QED) is 0.939. The van der Waals surface area contributed by atoms with Gasteiger partial charge in [-0.05, 0) is 36.2 Å². The van der Waals surface area contributed by atoms with E-state index < -0.39 is 17.7 Å². The first kappa shape index (κ1) is 15.0. The van der Waals surface area contributed by atoms with E-state index in [0.29, 0.717) is 5.56 Å². The Morgan fingerprint density at radius 2 is 1.95 bits per heavy atom. The Balaban J connectivity index is 2.44. The van der Waals surface area contributed by atoms with Gasteiger partial charge in [0.05, 0.1) is 16.8 Å². The fourth-order valence-corrected chi connectivity index (χ4v) is 2.14. The molecular weight excluding hydrogens is 283 g/mol. The lowest BCUT2D eigenvalue weighted by Crippen LogP contribution is -2.10. The van der Waals surface area contributed by atoms with Gasteiger partial charge in [-0.3, -0.25) is 4.98 Å². The van der Waals surface area contributed by atoms with Gasteiger partial charge in [0.2, 0.25) is 0 Å². The van der Waals surface area contributed by atoms with E-state index in [4.69, 9.17) is 5.11 Å². The number of alkyl halides is 3. The van der Waals surface area contributed by atoms with Gasteiger partial charge in [0, 0.05) is 12.6 Å². The minimum atomic E-state index is -4.43. The molecular formula is C15H12F3NO2. The zero-order chi connectivity index (χ0) is 15.6. The number of carbonyl (C=O) groups is 1. The third kappa shape index (κ3) is 3.21. The zero-order valence-corrected chi connectivity index (χ0v) is 11.1. The summed E-state index contributed by atoms with van der Waals surface area (Å²) >= 11 is 0. The van der Waals surface area contributed by atoms with E-state index in [1.165, 1.54) is 31.3 Å². The lowest BCUT2D eigenvalue weighted by atomic mass is 9.97. The van der Waals surface area contributed by atoms with Crippen molar-refractivity contribution >= 4 is 5.97 Å². The molecule has 0 saturated carbocycles. The van der Waals surface area contributed by atoms with Crippen molar-refractivity contribution in [1.82, 2.24) is 4.98 Å². The first-order valence-electron chi connectivity index (χ1n) is 6.13. The number of nitrogens with zero attached hydrogens (tertiary/aromatic N) is 1. The molecule has 0 radical (unpaired) electrons. The van der Waals surface area contributed by atoms with Crippen molar-refractivity contribution < 1.29 is 23.1 Å². The summed E-state index contributed by atoms with van der Waals surface area (Å²) in [6.07, 6.45) is -2.97. The molecule has 2 aromatic rings. The molecule has 1 N–H and O–H groups in total. The maximum Gasteiger partial charge on any atom is 0.416 e. The Labute approximate surface area is 119 Å². The molecule has 1 aromatic carbocycles. The van der Waals surface area contributed by atoms with Crippen molar-refractivity contribution in [2.24, 2.45) is 0 Å². The molecule has 0 aliphatic heterocycles. The average molecular weight is 295 g/mol. The van der Waals surface area contributed by atoms with Gasteiger partial charge in [-0.1, -0.05) is 12.1 Å². The van der Waals surface area contributed by atoms with Gasteiger partial charge < -0.3 is 5.11 Å². The molecule has 0 amide bonds. The van der Waals surface area contributed by atoms with E-state index in [2.05, 4.69) is 4.98 Å². The van der Waals surface area contributed by atoms with Gasteiger partial charge in [-0.2, -0.15) is 13.2 Å². The van der Waals surface area contributed by atoms with Crippen LogP contribution in [0.25, 0.3) is 0 Å². The summed E-state index contributed by atoms with van der Waals surface area (Å²) in [5, 5.41) is 9.08. The van der Waals surface area contributed by atoms with Gasteiger partial charge in [0.25, 0.3) is 0 Å². The maximum atomic E-state index is 12.9. The number of benzene rings is 1. The molecule has 0 saturated heterocycles. The molecule has 0 fully saturated rings. The highest BCUT2D eigenvalue weighted by atomic mass is 19.4. The highest BCUT2D eigenvalue weighted by molar-refractivity contribution is 5.88. The topological polar surface area (TPSA) is 50.2 Å². The third-order valence-corrected chi connectivity index (χ3v) is 3.23. The van der Waals surface area contributed by atoms with Crippen LogP contribution in [0.15, 0.2) is 36.5 Å². The molecule has 6 heteroatoms. The summed E-state index contributed by atoms with van der Waals surface area (Å²) in [5.41, 5.74) is 0.0209. The number of hydrogen-bond acceptors (Lipinski definition) is 2. The fourth-order valence-electron chi connectivity index (χ4n) is 2.14. The molecule has 0 aliphatic carbocycles. The van der Waals surface area contributed by atoms with Gasteiger partial charge in [0.15, 0.2) is 0 Å². The molecule has 2 rings (SSSR count). The smallest absolute Gasteiger partial charge is 0.416 e. The number of aromatic nitrogens is 1. The Hall–Kier alpha value is -2.37. The number of pyridine rings is 1. The van der Waals surface area contributed by atoms with Crippen molar-refractivity contribution in [3.05, 3.63) is 64.5 Å². The minimum absolute atomic E-state index is 0.00527. The highest BCUT2D eigenvalue weighted by Crippen LogP contribution is 2.33. The molecule has 0 spiro atoms. The van der Waals surface area contributed by atoms with Gasteiger partial charge in [-0.15, -0.1) is 0 Å². The molecule has 0 atom stereocenters. The molecule has 0 aliphatic rings. The van der Waals surface area contributed by atoms with E-state index in [9.17, 15) is 18.0 Å². The maximum absolute atomic E-state index is 12.9. The van der Waals surface area contributed by atoms with Crippen LogP contribution in [0.5, 0.6) is 0 Å². The summed E-state index contributed by atoms with van der Waals surface area (Å²) in [4.78, 5) is 15.1. The number of halogens is 3. The second-order valence-electron chi connectivity index (χ2n) is 4.57. The average Bonchev–Trinajstić information content (AvgIpc) is 2.40. The van der Waals surface area contributed by atoms with Crippen LogP contribution in [-0.2, 0) is 12.6 Å². The van der Waals surface area contributed by atoms with E-state index >= 15 is 0 Å². The third-order valence-electron chi connectivity index (χ3n) is 3.23. The Morgan fingerprint density at radius 1 is 1.24 bits per heavy atom. The second kappa shape index (κ2) is 5.55. The molecule has 110 valence electrons. The number of carboxylic acids is 1. The molecule has 0 bridgehead atoms. The lowest BCUT2D eigenvalue weighted by molar-refractivity contribution is -0.138. The zero-order valence-electron chi connectivity index (χ0n) is 11.1. The van der Waals surface area contributed by atoms with Crippen molar-refractivity contribution in [2.75, 3.05) is 0 Å². The fraction of sp³-hybridized carbons (Fsp3) is 0.200. The van der Waals surface area contributed by atoms with Crippen LogP contribution in [0.1, 0.15) is 32.7 Å². The van der Waals surface area contributed by atoms with Gasteiger partial charge in [-0.25, -0.2) is 4.79 Å². The van der Waals surface area contributed by atoms with Crippen molar-refractivity contribution in [2.45, 2.75) is 19.5 Å². The molecule has 3 nitrogen and oxygen atoms in total. The van der Waals surface area contributed by atoms with Crippen molar-refractivity contribution in [1.29, 1.82) is 0 Å². The first-order chi connectivity index (χ1) is 9.80. The molecule has 0 unspecified atom stereocenters. The molecule has 21 heavy (non-hydrogen) atoms. The summed E-state index contributed by atoms with van der Waals surface area (Å²) in [6, 6.07) is 6.73. The van der Waals surface area contributed by atoms with Crippen LogP contribution in [0.4, 0.5) is 13.2 Å². The SMILES string of the molecule is Cc1c(Cc2ncccc2C(=O)O)cccc1C(F)(F)F. The summed E-state index contributed by atoms with van der Waals surface area (Å²) in [5.74, 6) is -1.15. The highest BCUT2D eigenvalue weighted by Gasteiger charge is 2.32. The Morgan fingerprint density at radius 3 is 2.57 bits per heavy atom. The minimum Gasteiger partial charge on any atom is -0.478 e. The standard InChI is InChI=1S/C15H12F3NO2/c1-9-10(4-2-6-12(9)15(16,17)18)8-13-11(14(20)21)5-3-7-19-13/h2-7H,8H2,1H3,(H,20,21). The van der Waals surface area contributed by atoms with Crippen LogP contribution < -0.4 is 0 Å². The van der Waals surface area contributed by atoms with Gasteiger partial charge in [0.1, 0.15) is 0 Å². The summed E-state index contributed by atoms with van der Waals surface area (Å²) in [6.45, 7) is 1.38. The normalized spacial score (nSPS) is 11.4. The first-order valence-corrected chi connectivity index (χ1v) is 6.13. The number of rotatable bonds is 3. The predicted molar refractivity (Wildman–Crippen MR) is 70.2 cm³/mol. The van der Waals surface area contributed by atoms with E-state index in [1.54, 1.807) is 6.07 Å². The number of aromatic carboxylic acids is 1. The Kier molecular flexibility index (Phi) is 3.97. The van der Waals surface area contributed by atoms with E-state index in [0.717, 1.165) is 6.07 Å². The van der Waals surface area contributed by atoms with Crippen molar-refractivity contribution in [3.63, 3.8) is 0 Å². The van der Waals surface area contributed by atoms with Crippen LogP contribution in [0.3, 0.4) is 0 Å². The van der Waals surface area contributed by atoms with E-state index in [1.807, 2.05) is 0 Å². The van der Waals surface area contributed by atoms with Crippen LogP contribution in [0, 0.1) is 6.92 Å². The second-order valence-corrected chi connectivity index (χ2v) is 4.57. The lowest BCUT2D eigenvalue weighted by Gasteiger charge is -2.14. The Bertz CT molecular complexity index is 681. The van der Waals surface area contributed by atoms with Crippen LogP contribution >= 0.6 is 0 Å². The number of carboxylic acid groups (broad SMARTS) is 1. The molecule has 1 aromatic heterocycles. The summed E-state index contributed by atoms with van der Waals surface area (Å²) in [7, 11) is 0. The predicted octanol–water partition coefficient (Wildman–Crippen LogP) is 3.70. The largest absolute Gasteiger partial charge is 0.478 e. The van der Waals surface area contributed by atoms with Crippen LogP contribution in [0.2, 0.25) is 0 Å². The summed E-state index contributed by atoms with van der Waals surface area (Å²) < 4.78 is 38.6. The van der Waals surface area contributed by atoms with Crippen LogP contribution in [-0.4, -0.2) is 16.1 Å². The monoisotopic (exact) mass is 295 g/mol. The van der Waals surface area contributed by atoms with Gasteiger partial charge >= 0.3 is 12.1 Å². The van der Waals surface area contributed by atoms with Crippen molar-refractivity contribution in [3.8, 4) is 0 Å². The van der Waals surface area contributed by atoms with E-state index in [-0.39, 0.29) is 23.2 Å². The number of hydrogen-bond donors (Lipinski definition) is 1. The molecule has 1 heterocycles.